The van der Waals surface area contributed by atoms with Crippen molar-refractivity contribution in [3.8, 4) is 0 Å². The number of morpholine rings is 1. The maximum atomic E-state index is 11.8. The minimum absolute atomic E-state index is 0.250. The molecule has 2 aliphatic heterocycles. The van der Waals surface area contributed by atoms with Gasteiger partial charge in [0.25, 0.3) is 5.91 Å². The van der Waals surface area contributed by atoms with E-state index >= 15 is 0 Å². The van der Waals surface area contributed by atoms with Gasteiger partial charge in [-0.1, -0.05) is 0 Å². The van der Waals surface area contributed by atoms with Crippen molar-refractivity contribution in [2.75, 3.05) is 19.7 Å². The van der Waals surface area contributed by atoms with E-state index in [-0.39, 0.29) is 18.2 Å². The van der Waals surface area contributed by atoms with Crippen molar-refractivity contribution in [3.63, 3.8) is 0 Å². The molecule has 2 unspecified atom stereocenters. The SMILES string of the molecule is O=C1CCC(NC(=O)C2CNCCO2)C(=O)N1. The molecule has 0 aromatic heterocycles. The number of amides is 3. The van der Waals surface area contributed by atoms with E-state index in [2.05, 4.69) is 16.0 Å². The molecule has 3 amide bonds. The lowest BCUT2D eigenvalue weighted by Crippen LogP contribution is -2.56. The number of piperidine rings is 1. The van der Waals surface area contributed by atoms with Crippen molar-refractivity contribution >= 4 is 17.7 Å². The molecular weight excluding hydrogens is 226 g/mol. The van der Waals surface area contributed by atoms with Crippen LogP contribution in [0.1, 0.15) is 12.8 Å². The molecule has 0 bridgehead atoms. The number of hydrogen-bond acceptors (Lipinski definition) is 5. The van der Waals surface area contributed by atoms with Crippen molar-refractivity contribution in [1.82, 2.24) is 16.0 Å². The first-order chi connectivity index (χ1) is 8.16. The van der Waals surface area contributed by atoms with E-state index in [1.807, 2.05) is 0 Å². The van der Waals surface area contributed by atoms with Crippen LogP contribution in [0.4, 0.5) is 0 Å². The number of carbonyl (C=O) groups excluding carboxylic acids is 3. The molecule has 3 N–H and O–H groups in total. The second kappa shape index (κ2) is 5.24. The normalized spacial score (nSPS) is 29.6. The Morgan fingerprint density at radius 1 is 1.41 bits per heavy atom. The molecule has 0 aromatic rings. The predicted octanol–water partition coefficient (Wildman–Crippen LogP) is -2.10. The largest absolute Gasteiger partial charge is 0.366 e. The lowest BCUT2D eigenvalue weighted by atomic mass is 10.1. The van der Waals surface area contributed by atoms with Crippen LogP contribution in [0.3, 0.4) is 0 Å². The average molecular weight is 241 g/mol. The highest BCUT2D eigenvalue weighted by molar-refractivity contribution is 6.01. The van der Waals surface area contributed by atoms with Gasteiger partial charge in [0.1, 0.15) is 12.1 Å². The van der Waals surface area contributed by atoms with Crippen LogP contribution in [0.2, 0.25) is 0 Å². The summed E-state index contributed by atoms with van der Waals surface area (Å²) in [5.74, 6) is -1.05. The highest BCUT2D eigenvalue weighted by Gasteiger charge is 2.30. The topological polar surface area (TPSA) is 96.5 Å². The van der Waals surface area contributed by atoms with Crippen LogP contribution in [-0.2, 0) is 19.1 Å². The first-order valence-corrected chi connectivity index (χ1v) is 5.63. The molecule has 7 heteroatoms. The van der Waals surface area contributed by atoms with Gasteiger partial charge in [-0.25, -0.2) is 0 Å². The van der Waals surface area contributed by atoms with Gasteiger partial charge in [0.05, 0.1) is 6.61 Å². The molecule has 7 nitrogen and oxygen atoms in total. The third-order valence-electron chi connectivity index (χ3n) is 2.78. The van der Waals surface area contributed by atoms with E-state index in [4.69, 9.17) is 4.74 Å². The van der Waals surface area contributed by atoms with E-state index in [0.717, 1.165) is 6.54 Å². The standard InChI is InChI=1S/C10H15N3O4/c14-8-2-1-6(9(15)13-8)12-10(16)7-5-11-3-4-17-7/h6-7,11H,1-5H2,(H,12,16)(H,13,14,15). The summed E-state index contributed by atoms with van der Waals surface area (Å²) in [7, 11) is 0. The molecule has 2 rings (SSSR count). The van der Waals surface area contributed by atoms with E-state index < -0.39 is 18.1 Å². The van der Waals surface area contributed by atoms with Gasteiger partial charge in [0.15, 0.2) is 0 Å². The zero-order valence-corrected chi connectivity index (χ0v) is 9.32. The molecule has 2 fully saturated rings. The minimum Gasteiger partial charge on any atom is -0.366 e. The third kappa shape index (κ3) is 3.01. The molecule has 2 aliphatic rings. The fourth-order valence-electron chi connectivity index (χ4n) is 1.83. The quantitative estimate of drug-likeness (QED) is 0.481. The number of nitrogens with one attached hydrogen (secondary N) is 3. The van der Waals surface area contributed by atoms with Crippen LogP contribution in [-0.4, -0.2) is 49.6 Å². The van der Waals surface area contributed by atoms with E-state index in [1.54, 1.807) is 0 Å². The summed E-state index contributed by atoms with van der Waals surface area (Å²) in [4.78, 5) is 34.1. The van der Waals surface area contributed by atoms with E-state index in [1.165, 1.54) is 0 Å². The Hall–Kier alpha value is -1.47. The summed E-state index contributed by atoms with van der Waals surface area (Å²) in [6, 6.07) is -0.634. The Bertz CT molecular complexity index is 338. The third-order valence-corrected chi connectivity index (χ3v) is 2.78. The van der Waals surface area contributed by atoms with Gasteiger partial charge in [-0.2, -0.15) is 0 Å². The fourth-order valence-corrected chi connectivity index (χ4v) is 1.83. The highest BCUT2D eigenvalue weighted by atomic mass is 16.5. The predicted molar refractivity (Wildman–Crippen MR) is 56.9 cm³/mol. The highest BCUT2D eigenvalue weighted by Crippen LogP contribution is 2.05. The Balaban J connectivity index is 1.85. The molecule has 94 valence electrons. The van der Waals surface area contributed by atoms with Gasteiger partial charge in [-0.15, -0.1) is 0 Å². The lowest BCUT2D eigenvalue weighted by molar-refractivity contribution is -0.141. The van der Waals surface area contributed by atoms with Crippen molar-refractivity contribution in [2.24, 2.45) is 0 Å². The average Bonchev–Trinajstić information content (AvgIpc) is 2.34. The second-order valence-electron chi connectivity index (χ2n) is 4.08. The van der Waals surface area contributed by atoms with Crippen LogP contribution in [0.5, 0.6) is 0 Å². The molecular formula is C10H15N3O4. The fraction of sp³-hybridized carbons (Fsp3) is 0.700. The summed E-state index contributed by atoms with van der Waals surface area (Å²) < 4.78 is 5.26. The van der Waals surface area contributed by atoms with Gasteiger partial charge in [-0.3, -0.25) is 19.7 Å². The number of ether oxygens (including phenoxy) is 1. The van der Waals surface area contributed by atoms with Crippen LogP contribution in [0.25, 0.3) is 0 Å². The van der Waals surface area contributed by atoms with E-state index in [9.17, 15) is 14.4 Å². The van der Waals surface area contributed by atoms with Gasteiger partial charge < -0.3 is 15.4 Å². The molecule has 0 spiro atoms. The van der Waals surface area contributed by atoms with Crippen molar-refractivity contribution < 1.29 is 19.1 Å². The first-order valence-electron chi connectivity index (χ1n) is 5.63. The zero-order valence-electron chi connectivity index (χ0n) is 9.32. The Morgan fingerprint density at radius 2 is 2.24 bits per heavy atom. The molecule has 2 heterocycles. The van der Waals surface area contributed by atoms with Crippen molar-refractivity contribution in [2.45, 2.75) is 25.0 Å². The second-order valence-corrected chi connectivity index (χ2v) is 4.08. The first kappa shape index (κ1) is 12.0. The molecule has 2 atom stereocenters. The van der Waals surface area contributed by atoms with Gasteiger partial charge in [-0.05, 0) is 6.42 Å². The molecule has 17 heavy (non-hydrogen) atoms. The van der Waals surface area contributed by atoms with Gasteiger partial charge in [0, 0.05) is 19.5 Å². The van der Waals surface area contributed by atoms with Crippen molar-refractivity contribution in [1.29, 1.82) is 0 Å². The molecule has 0 saturated carbocycles. The summed E-state index contributed by atoms with van der Waals surface area (Å²) >= 11 is 0. The Labute approximate surface area is 98.3 Å². The number of hydrogen-bond donors (Lipinski definition) is 3. The van der Waals surface area contributed by atoms with Gasteiger partial charge >= 0.3 is 0 Å². The molecule has 0 radical (unpaired) electrons. The van der Waals surface area contributed by atoms with Crippen LogP contribution >= 0.6 is 0 Å². The van der Waals surface area contributed by atoms with E-state index in [0.29, 0.717) is 19.6 Å². The van der Waals surface area contributed by atoms with Gasteiger partial charge in [0.2, 0.25) is 11.8 Å². The van der Waals surface area contributed by atoms with Crippen LogP contribution in [0, 0.1) is 0 Å². The summed E-state index contributed by atoms with van der Waals surface area (Å²) in [6.07, 6.45) is 0.0333. The molecule has 2 saturated heterocycles. The summed E-state index contributed by atoms with van der Waals surface area (Å²) in [5.41, 5.74) is 0. The zero-order chi connectivity index (χ0) is 12.3. The monoisotopic (exact) mass is 241 g/mol. The summed E-state index contributed by atoms with van der Waals surface area (Å²) in [6.45, 7) is 1.65. The number of rotatable bonds is 2. The van der Waals surface area contributed by atoms with Crippen LogP contribution < -0.4 is 16.0 Å². The minimum atomic E-state index is -0.634. The Morgan fingerprint density at radius 3 is 2.88 bits per heavy atom. The smallest absolute Gasteiger partial charge is 0.251 e. The number of imide groups is 1. The lowest BCUT2D eigenvalue weighted by Gasteiger charge is -2.26. The Kier molecular flexibility index (Phi) is 3.70. The number of carbonyl (C=O) groups is 3. The molecule has 0 aromatic carbocycles. The molecule has 0 aliphatic carbocycles. The summed E-state index contributed by atoms with van der Waals surface area (Å²) in [5, 5.41) is 7.81. The maximum absolute atomic E-state index is 11.8. The van der Waals surface area contributed by atoms with Crippen LogP contribution in [0.15, 0.2) is 0 Å². The van der Waals surface area contributed by atoms with Crippen molar-refractivity contribution in [3.05, 3.63) is 0 Å². The maximum Gasteiger partial charge on any atom is 0.251 e.